The van der Waals surface area contributed by atoms with Gasteiger partial charge in [-0.05, 0) is 6.92 Å². The number of aliphatic imine (C=N–C) groups is 1. The van der Waals surface area contributed by atoms with E-state index >= 15 is 0 Å². The maximum atomic E-state index is 5.34. The topological polar surface area (TPSA) is 12.4 Å². The molecule has 0 atom stereocenters. The van der Waals surface area contributed by atoms with Crippen LogP contribution < -0.4 is 0 Å². The summed E-state index contributed by atoms with van der Waals surface area (Å²) < 4.78 is 0. The van der Waals surface area contributed by atoms with E-state index in [1.54, 1.807) is 6.92 Å². The summed E-state index contributed by atoms with van der Waals surface area (Å²) in [7, 11) is 0. The maximum Gasteiger partial charge on any atom is 0.0517 e. The van der Waals surface area contributed by atoms with Crippen LogP contribution in [0.1, 0.15) is 20.8 Å². The van der Waals surface area contributed by atoms with Gasteiger partial charge in [-0.3, -0.25) is 4.99 Å². The largest absolute Gasteiger partial charge is 0.261 e. The van der Waals surface area contributed by atoms with E-state index in [-0.39, 0.29) is 0 Å². The Balaban J connectivity index is 0. The van der Waals surface area contributed by atoms with Crippen molar-refractivity contribution in [3.63, 3.8) is 0 Å². The van der Waals surface area contributed by atoms with Gasteiger partial charge in [-0.25, -0.2) is 0 Å². The van der Waals surface area contributed by atoms with E-state index in [0.717, 1.165) is 5.70 Å². The Morgan fingerprint density at radius 3 is 1.90 bits per heavy atom. The van der Waals surface area contributed by atoms with Gasteiger partial charge >= 0.3 is 0 Å². The predicted molar refractivity (Wildman–Crippen MR) is 49.6 cm³/mol. The normalized spacial score (nSPS) is 8.40. The first-order valence-corrected chi connectivity index (χ1v) is 3.54. The van der Waals surface area contributed by atoms with Crippen molar-refractivity contribution in [3.05, 3.63) is 23.9 Å². The first-order chi connectivity index (χ1) is 4.63. The van der Waals surface area contributed by atoms with Crippen LogP contribution in [-0.2, 0) is 0 Å². The fourth-order valence-corrected chi connectivity index (χ4v) is 0.229. The average Bonchev–Trinajstić information content (AvgIpc) is 1.89. The van der Waals surface area contributed by atoms with Crippen LogP contribution in [0.3, 0.4) is 0 Å². The molecule has 0 saturated heterocycles. The molecule has 0 fully saturated rings. The van der Waals surface area contributed by atoms with Crippen LogP contribution in [0.5, 0.6) is 0 Å². The van der Waals surface area contributed by atoms with E-state index in [1.807, 2.05) is 13.8 Å². The molecule has 0 aromatic carbocycles. The molecule has 0 aliphatic carbocycles. The van der Waals surface area contributed by atoms with Gasteiger partial charge in [0.05, 0.1) is 5.03 Å². The predicted octanol–water partition coefficient (Wildman–Crippen LogP) is 3.37. The van der Waals surface area contributed by atoms with Crippen molar-refractivity contribution in [2.24, 2.45) is 4.99 Å². The summed E-state index contributed by atoms with van der Waals surface area (Å²) in [5.41, 5.74) is 0.729. The zero-order valence-corrected chi connectivity index (χ0v) is 7.57. The van der Waals surface area contributed by atoms with Crippen molar-refractivity contribution in [1.29, 1.82) is 0 Å². The van der Waals surface area contributed by atoms with Crippen LogP contribution in [0.15, 0.2) is 28.9 Å². The highest BCUT2D eigenvalue weighted by Crippen LogP contribution is 1.93. The molecule has 0 aliphatic heterocycles. The highest BCUT2D eigenvalue weighted by atomic mass is 35.5. The fourth-order valence-electron chi connectivity index (χ4n) is 0.180. The number of nitrogens with zero attached hydrogens (tertiary/aromatic N) is 1. The summed E-state index contributed by atoms with van der Waals surface area (Å²) in [6.45, 7) is 12.7. The Bertz CT molecular complexity index is 120. The van der Waals surface area contributed by atoms with Gasteiger partial charge in [-0.15, -0.1) is 0 Å². The van der Waals surface area contributed by atoms with Crippen LogP contribution in [0.2, 0.25) is 0 Å². The zero-order chi connectivity index (χ0) is 8.57. The molecule has 0 heterocycles. The molecular weight excluding hydrogens is 146 g/mol. The minimum Gasteiger partial charge on any atom is -0.261 e. The second kappa shape index (κ2) is 8.44. The lowest BCUT2D eigenvalue weighted by Crippen LogP contribution is -1.69. The standard InChI is InChI=1S/C6H8ClN.C2H6/c1-5(2)8-4-6(3)7;1-2/h4H,1,3H2,2H3;1-2H3. The van der Waals surface area contributed by atoms with Crippen molar-refractivity contribution < 1.29 is 0 Å². The molecule has 1 nitrogen and oxygen atoms in total. The minimum absolute atomic E-state index is 0.424. The van der Waals surface area contributed by atoms with E-state index in [9.17, 15) is 0 Å². The third-order valence-electron chi connectivity index (χ3n) is 0.425. The number of rotatable bonds is 2. The van der Waals surface area contributed by atoms with Gasteiger partial charge in [0.2, 0.25) is 0 Å². The van der Waals surface area contributed by atoms with E-state index in [0.29, 0.717) is 5.03 Å². The summed E-state index contributed by atoms with van der Waals surface area (Å²) in [4.78, 5) is 3.77. The molecule has 0 aromatic rings. The van der Waals surface area contributed by atoms with Gasteiger partial charge in [0, 0.05) is 11.9 Å². The van der Waals surface area contributed by atoms with Gasteiger partial charge in [0.1, 0.15) is 0 Å². The van der Waals surface area contributed by atoms with Gasteiger partial charge in [-0.2, -0.15) is 0 Å². The molecule has 0 unspecified atom stereocenters. The van der Waals surface area contributed by atoms with Gasteiger partial charge in [-0.1, -0.05) is 38.6 Å². The van der Waals surface area contributed by atoms with Crippen LogP contribution in [0.4, 0.5) is 0 Å². The van der Waals surface area contributed by atoms with Crippen molar-refractivity contribution in [3.8, 4) is 0 Å². The Labute approximate surface area is 68.1 Å². The zero-order valence-electron chi connectivity index (χ0n) is 6.82. The third kappa shape index (κ3) is 15.7. The van der Waals surface area contributed by atoms with Crippen molar-refractivity contribution in [2.45, 2.75) is 20.8 Å². The smallest absolute Gasteiger partial charge is 0.0517 e. The van der Waals surface area contributed by atoms with Crippen LogP contribution in [-0.4, -0.2) is 6.21 Å². The molecular formula is C8H14ClN. The van der Waals surface area contributed by atoms with Crippen LogP contribution in [0.25, 0.3) is 0 Å². The lowest BCUT2D eigenvalue weighted by Gasteiger charge is -1.82. The van der Waals surface area contributed by atoms with Crippen LogP contribution >= 0.6 is 11.6 Å². The van der Waals surface area contributed by atoms with Gasteiger partial charge in [0.15, 0.2) is 0 Å². The van der Waals surface area contributed by atoms with Crippen molar-refractivity contribution >= 4 is 17.8 Å². The Hall–Kier alpha value is -0.560. The average molecular weight is 160 g/mol. The van der Waals surface area contributed by atoms with Gasteiger partial charge < -0.3 is 0 Å². The molecule has 0 aliphatic rings. The summed E-state index contributed by atoms with van der Waals surface area (Å²) in [5, 5.41) is 0.424. The molecule has 58 valence electrons. The molecule has 0 spiro atoms. The SMILES string of the molecule is C=C(Cl)C=NC(=C)C.CC. The minimum atomic E-state index is 0.424. The van der Waals surface area contributed by atoms with E-state index in [2.05, 4.69) is 18.2 Å². The van der Waals surface area contributed by atoms with Crippen LogP contribution in [0, 0.1) is 0 Å². The van der Waals surface area contributed by atoms with Crippen molar-refractivity contribution in [1.82, 2.24) is 0 Å². The number of halogens is 1. The molecule has 2 heteroatoms. The Morgan fingerprint density at radius 2 is 1.80 bits per heavy atom. The van der Waals surface area contributed by atoms with Gasteiger partial charge in [0.25, 0.3) is 0 Å². The quantitative estimate of drug-likeness (QED) is 0.548. The molecule has 0 N–H and O–H groups in total. The maximum absolute atomic E-state index is 5.34. The Morgan fingerprint density at radius 1 is 1.40 bits per heavy atom. The molecule has 0 aromatic heterocycles. The fraction of sp³-hybridized carbons (Fsp3) is 0.375. The summed E-state index contributed by atoms with van der Waals surface area (Å²) in [6.07, 6.45) is 1.46. The first-order valence-electron chi connectivity index (χ1n) is 3.17. The number of allylic oxidation sites excluding steroid dienone is 2. The lowest BCUT2D eigenvalue weighted by molar-refractivity contribution is 1.34. The first kappa shape index (κ1) is 12.1. The molecule has 0 radical (unpaired) electrons. The summed E-state index contributed by atoms with van der Waals surface area (Å²) in [5.74, 6) is 0. The molecule has 10 heavy (non-hydrogen) atoms. The second-order valence-electron chi connectivity index (χ2n) is 1.44. The lowest BCUT2D eigenvalue weighted by atomic mass is 10.6. The number of hydrogen-bond donors (Lipinski definition) is 0. The van der Waals surface area contributed by atoms with Crippen molar-refractivity contribution in [2.75, 3.05) is 0 Å². The number of hydrogen-bond acceptors (Lipinski definition) is 1. The molecule has 0 rings (SSSR count). The third-order valence-corrected chi connectivity index (χ3v) is 0.523. The second-order valence-corrected chi connectivity index (χ2v) is 1.93. The monoisotopic (exact) mass is 159 g/mol. The van der Waals surface area contributed by atoms with E-state index < -0.39 is 0 Å². The highest BCUT2D eigenvalue weighted by molar-refractivity contribution is 6.38. The summed E-state index contributed by atoms with van der Waals surface area (Å²) in [6, 6.07) is 0. The highest BCUT2D eigenvalue weighted by Gasteiger charge is 1.75. The van der Waals surface area contributed by atoms with E-state index in [1.165, 1.54) is 6.21 Å². The molecule has 0 amide bonds. The van der Waals surface area contributed by atoms with E-state index in [4.69, 9.17) is 11.6 Å². The molecule has 0 saturated carbocycles. The summed E-state index contributed by atoms with van der Waals surface area (Å²) >= 11 is 5.34. The Kier molecular flexibility index (Phi) is 10.3. The molecule has 0 bridgehead atoms.